The molecule has 0 aromatic rings. The number of rotatable bonds is 5. The summed E-state index contributed by atoms with van der Waals surface area (Å²) in [6.45, 7) is 0.946. The maximum absolute atomic E-state index is 11.7. The Kier molecular flexibility index (Phi) is 4.96. The molecule has 3 N–H and O–H groups in total. The highest BCUT2D eigenvalue weighted by Gasteiger charge is 2.44. The second kappa shape index (κ2) is 6.50. The van der Waals surface area contributed by atoms with E-state index in [0.717, 1.165) is 19.3 Å². The Labute approximate surface area is 117 Å². The Bertz CT molecular complexity index is 339. The summed E-state index contributed by atoms with van der Waals surface area (Å²) in [6, 6.07) is -0.231. The van der Waals surface area contributed by atoms with E-state index in [0.29, 0.717) is 25.3 Å². The molecule has 1 aliphatic carbocycles. The van der Waals surface area contributed by atoms with Gasteiger partial charge in [-0.3, -0.25) is 4.79 Å². The number of amides is 2. The van der Waals surface area contributed by atoms with E-state index < -0.39 is 11.4 Å². The first-order valence-electron chi connectivity index (χ1n) is 6.95. The lowest BCUT2D eigenvalue weighted by atomic mass is 9.69. The van der Waals surface area contributed by atoms with Crippen LogP contribution in [0.15, 0.2) is 0 Å². The first-order chi connectivity index (χ1) is 9.12. The van der Waals surface area contributed by atoms with E-state index in [2.05, 4.69) is 10.6 Å². The van der Waals surface area contributed by atoms with Gasteiger partial charge in [0.2, 0.25) is 0 Å². The number of nitrogens with one attached hydrogen (secondary N) is 2. The minimum Gasteiger partial charge on any atom is -0.481 e. The number of urea groups is 1. The Hall–Kier alpha value is -0.910. The molecule has 5 nitrogen and oxygen atoms in total. The van der Waals surface area contributed by atoms with Gasteiger partial charge >= 0.3 is 12.0 Å². The number of carboxylic acids is 1. The van der Waals surface area contributed by atoms with Crippen molar-refractivity contribution in [3.8, 4) is 0 Å². The molecule has 0 unspecified atom stereocenters. The maximum atomic E-state index is 11.7. The molecule has 2 amide bonds. The van der Waals surface area contributed by atoms with E-state index >= 15 is 0 Å². The Morgan fingerprint density at radius 2 is 1.89 bits per heavy atom. The molecule has 0 aromatic carbocycles. The molecule has 0 spiro atoms. The summed E-state index contributed by atoms with van der Waals surface area (Å²) in [5.41, 5.74) is -0.710. The molecular formula is C13H22N2O3S. The molecule has 0 radical (unpaired) electrons. The minimum absolute atomic E-state index is 0.231. The van der Waals surface area contributed by atoms with Gasteiger partial charge in [-0.25, -0.2) is 4.79 Å². The summed E-state index contributed by atoms with van der Waals surface area (Å²) in [5, 5.41) is 14.7. The Morgan fingerprint density at radius 3 is 2.42 bits per heavy atom. The van der Waals surface area contributed by atoms with Crippen molar-refractivity contribution in [1.82, 2.24) is 10.6 Å². The standard InChI is InChI=1S/C13H22N2O3S/c16-11(17)13(4-1-5-13)9-15-12(18)14-8-10-2-6-19-7-3-10/h10H,1-9H2,(H,16,17)(H2,14,15,18). The fraction of sp³-hybridized carbons (Fsp3) is 0.846. The second-order valence-electron chi connectivity index (χ2n) is 5.56. The molecule has 19 heavy (non-hydrogen) atoms. The van der Waals surface area contributed by atoms with Crippen molar-refractivity contribution >= 4 is 23.8 Å². The summed E-state index contributed by atoms with van der Waals surface area (Å²) in [7, 11) is 0. The van der Waals surface area contributed by atoms with Crippen molar-refractivity contribution in [2.75, 3.05) is 24.6 Å². The van der Waals surface area contributed by atoms with Crippen LogP contribution in [0.2, 0.25) is 0 Å². The highest BCUT2D eigenvalue weighted by molar-refractivity contribution is 7.99. The number of carbonyl (C=O) groups is 2. The molecule has 2 fully saturated rings. The average Bonchev–Trinajstić information content (AvgIpc) is 2.36. The zero-order valence-electron chi connectivity index (χ0n) is 11.1. The van der Waals surface area contributed by atoms with Crippen LogP contribution in [0.25, 0.3) is 0 Å². The summed E-state index contributed by atoms with van der Waals surface area (Å²) < 4.78 is 0. The number of carbonyl (C=O) groups excluding carboxylic acids is 1. The lowest BCUT2D eigenvalue weighted by Crippen LogP contribution is -2.50. The molecule has 1 saturated carbocycles. The number of aliphatic carboxylic acids is 1. The zero-order valence-corrected chi connectivity index (χ0v) is 11.9. The summed E-state index contributed by atoms with van der Waals surface area (Å²) in [4.78, 5) is 22.8. The third-order valence-corrected chi connectivity index (χ3v) is 5.29. The molecule has 0 bridgehead atoms. The van der Waals surface area contributed by atoms with Crippen LogP contribution in [-0.4, -0.2) is 41.7 Å². The fourth-order valence-corrected chi connectivity index (χ4v) is 3.77. The van der Waals surface area contributed by atoms with Crippen molar-refractivity contribution in [3.63, 3.8) is 0 Å². The van der Waals surface area contributed by atoms with Gasteiger partial charge in [-0.2, -0.15) is 11.8 Å². The molecule has 6 heteroatoms. The predicted molar refractivity (Wildman–Crippen MR) is 75.4 cm³/mol. The fourth-order valence-electron chi connectivity index (χ4n) is 2.57. The van der Waals surface area contributed by atoms with Crippen LogP contribution in [0.4, 0.5) is 4.79 Å². The van der Waals surface area contributed by atoms with E-state index in [1.54, 1.807) is 0 Å². The van der Waals surface area contributed by atoms with E-state index in [9.17, 15) is 9.59 Å². The normalized spacial score (nSPS) is 22.3. The molecule has 0 atom stereocenters. The topological polar surface area (TPSA) is 78.4 Å². The number of hydrogen-bond acceptors (Lipinski definition) is 3. The quantitative estimate of drug-likeness (QED) is 0.718. The predicted octanol–water partition coefficient (Wildman–Crippen LogP) is 1.68. The molecule has 1 heterocycles. The SMILES string of the molecule is O=C(NCC1CCSCC1)NCC1(C(=O)O)CCC1. The van der Waals surface area contributed by atoms with Gasteiger partial charge in [0.05, 0.1) is 5.41 Å². The Balaban J connectivity index is 1.65. The second-order valence-corrected chi connectivity index (χ2v) is 6.78. The number of hydrogen-bond donors (Lipinski definition) is 3. The van der Waals surface area contributed by atoms with Crippen LogP contribution in [0, 0.1) is 11.3 Å². The lowest BCUT2D eigenvalue weighted by molar-refractivity contribution is -0.153. The first kappa shape index (κ1) is 14.5. The molecule has 1 saturated heterocycles. The highest BCUT2D eigenvalue weighted by atomic mass is 32.2. The first-order valence-corrected chi connectivity index (χ1v) is 8.11. The minimum atomic E-state index is -0.789. The largest absolute Gasteiger partial charge is 0.481 e. The summed E-state index contributed by atoms with van der Waals surface area (Å²) in [6.07, 6.45) is 4.59. The van der Waals surface area contributed by atoms with Crippen molar-refractivity contribution < 1.29 is 14.7 Å². The van der Waals surface area contributed by atoms with E-state index in [-0.39, 0.29) is 12.6 Å². The van der Waals surface area contributed by atoms with Crippen LogP contribution in [0.3, 0.4) is 0 Å². The molecular weight excluding hydrogens is 264 g/mol. The van der Waals surface area contributed by atoms with Crippen LogP contribution < -0.4 is 10.6 Å². The molecule has 2 rings (SSSR count). The van der Waals surface area contributed by atoms with Gasteiger partial charge < -0.3 is 15.7 Å². The van der Waals surface area contributed by atoms with Gasteiger partial charge in [0.15, 0.2) is 0 Å². The van der Waals surface area contributed by atoms with E-state index in [1.165, 1.54) is 11.5 Å². The van der Waals surface area contributed by atoms with Crippen molar-refractivity contribution in [2.45, 2.75) is 32.1 Å². The van der Waals surface area contributed by atoms with E-state index in [4.69, 9.17) is 5.11 Å². The maximum Gasteiger partial charge on any atom is 0.314 e. The van der Waals surface area contributed by atoms with Crippen LogP contribution >= 0.6 is 11.8 Å². The van der Waals surface area contributed by atoms with Gasteiger partial charge in [-0.15, -0.1) is 0 Å². The van der Waals surface area contributed by atoms with Crippen molar-refractivity contribution in [1.29, 1.82) is 0 Å². The lowest BCUT2D eigenvalue weighted by Gasteiger charge is -2.37. The molecule has 0 aromatic heterocycles. The van der Waals surface area contributed by atoms with Crippen molar-refractivity contribution in [3.05, 3.63) is 0 Å². The third kappa shape index (κ3) is 3.78. The van der Waals surface area contributed by atoms with Crippen LogP contribution in [0.1, 0.15) is 32.1 Å². The third-order valence-electron chi connectivity index (χ3n) is 4.24. The van der Waals surface area contributed by atoms with Gasteiger partial charge in [0.1, 0.15) is 0 Å². The van der Waals surface area contributed by atoms with Gasteiger partial charge in [-0.05, 0) is 43.1 Å². The highest BCUT2D eigenvalue weighted by Crippen LogP contribution is 2.40. The Morgan fingerprint density at radius 1 is 1.21 bits per heavy atom. The monoisotopic (exact) mass is 286 g/mol. The van der Waals surface area contributed by atoms with Crippen LogP contribution in [-0.2, 0) is 4.79 Å². The average molecular weight is 286 g/mol. The van der Waals surface area contributed by atoms with E-state index in [1.807, 2.05) is 11.8 Å². The smallest absolute Gasteiger partial charge is 0.314 e. The molecule has 2 aliphatic rings. The van der Waals surface area contributed by atoms with Gasteiger partial charge in [-0.1, -0.05) is 6.42 Å². The molecule has 108 valence electrons. The number of carboxylic acid groups (broad SMARTS) is 1. The van der Waals surface area contributed by atoms with Gasteiger partial charge in [0.25, 0.3) is 0 Å². The van der Waals surface area contributed by atoms with Crippen molar-refractivity contribution in [2.24, 2.45) is 11.3 Å². The summed E-state index contributed by atoms with van der Waals surface area (Å²) in [5.74, 6) is 2.14. The zero-order chi connectivity index (χ0) is 13.7. The summed E-state index contributed by atoms with van der Waals surface area (Å²) >= 11 is 1.97. The number of thioether (sulfide) groups is 1. The van der Waals surface area contributed by atoms with Crippen LogP contribution in [0.5, 0.6) is 0 Å². The van der Waals surface area contributed by atoms with Gasteiger partial charge in [0, 0.05) is 13.1 Å². The molecule has 1 aliphatic heterocycles.